The lowest BCUT2D eigenvalue weighted by Crippen LogP contribution is -2.42. The highest BCUT2D eigenvalue weighted by Gasteiger charge is 2.33. The third-order valence-corrected chi connectivity index (χ3v) is 1.94. The van der Waals surface area contributed by atoms with E-state index in [1.165, 1.54) is 0 Å². The smallest absolute Gasteiger partial charge is 0.307 e. The highest BCUT2D eigenvalue weighted by Crippen LogP contribution is 2.19. The van der Waals surface area contributed by atoms with Crippen molar-refractivity contribution >= 4 is 5.97 Å². The fourth-order valence-electron chi connectivity index (χ4n) is 1.26. The van der Waals surface area contributed by atoms with Crippen molar-refractivity contribution in [3.05, 3.63) is 0 Å². The Balaban J connectivity index is 2.33. The van der Waals surface area contributed by atoms with Crippen LogP contribution in [0, 0.1) is 0 Å². The molecule has 1 atom stereocenters. The van der Waals surface area contributed by atoms with Gasteiger partial charge in [0.15, 0.2) is 0 Å². The van der Waals surface area contributed by atoms with Gasteiger partial charge in [-0.05, 0) is 13.3 Å². The van der Waals surface area contributed by atoms with Crippen molar-refractivity contribution < 1.29 is 14.3 Å². The summed E-state index contributed by atoms with van der Waals surface area (Å²) in [5.74, 6) is -0.231. The lowest BCUT2D eigenvalue weighted by atomic mass is 9.96. The Morgan fingerprint density at radius 3 is 3.00 bits per heavy atom. The predicted molar refractivity (Wildman–Crippen MR) is 43.6 cm³/mol. The van der Waals surface area contributed by atoms with Crippen molar-refractivity contribution in [2.24, 2.45) is 5.73 Å². The molecule has 70 valence electrons. The van der Waals surface area contributed by atoms with E-state index in [1.54, 1.807) is 6.92 Å². The van der Waals surface area contributed by atoms with Crippen LogP contribution in [0.3, 0.4) is 0 Å². The van der Waals surface area contributed by atoms with Crippen LogP contribution >= 0.6 is 0 Å². The normalized spacial score (nSPS) is 28.8. The third-order valence-electron chi connectivity index (χ3n) is 1.94. The first-order valence-corrected chi connectivity index (χ1v) is 4.18. The molecular formula is C8H15NO3. The van der Waals surface area contributed by atoms with Gasteiger partial charge in [-0.25, -0.2) is 0 Å². The first-order chi connectivity index (χ1) is 5.66. The zero-order valence-electron chi connectivity index (χ0n) is 7.34. The molecule has 1 fully saturated rings. The summed E-state index contributed by atoms with van der Waals surface area (Å²) in [6, 6.07) is 0. The fourth-order valence-corrected chi connectivity index (χ4v) is 1.26. The van der Waals surface area contributed by atoms with Crippen LogP contribution in [0.25, 0.3) is 0 Å². The zero-order chi connectivity index (χ0) is 9.03. The molecule has 1 heterocycles. The second-order valence-electron chi connectivity index (χ2n) is 3.15. The molecule has 2 N–H and O–H groups in total. The SMILES string of the molecule is CCOC(=O)C[C@@]1(N)CCOC1. The van der Waals surface area contributed by atoms with Gasteiger partial charge in [0.25, 0.3) is 0 Å². The summed E-state index contributed by atoms with van der Waals surface area (Å²) in [4.78, 5) is 11.0. The van der Waals surface area contributed by atoms with E-state index in [0.717, 1.165) is 6.42 Å². The Labute approximate surface area is 72.0 Å². The fraction of sp³-hybridized carbons (Fsp3) is 0.875. The number of carbonyl (C=O) groups excluding carboxylic acids is 1. The van der Waals surface area contributed by atoms with Crippen LogP contribution in [0.15, 0.2) is 0 Å². The second-order valence-corrected chi connectivity index (χ2v) is 3.15. The molecule has 0 bridgehead atoms. The van der Waals surface area contributed by atoms with Gasteiger partial charge < -0.3 is 15.2 Å². The van der Waals surface area contributed by atoms with Gasteiger partial charge in [-0.1, -0.05) is 0 Å². The van der Waals surface area contributed by atoms with Crippen molar-refractivity contribution in [1.82, 2.24) is 0 Å². The number of esters is 1. The Morgan fingerprint density at radius 2 is 2.50 bits per heavy atom. The minimum Gasteiger partial charge on any atom is -0.466 e. The van der Waals surface area contributed by atoms with E-state index < -0.39 is 5.54 Å². The standard InChI is InChI=1S/C8H15NO3/c1-2-12-7(10)5-8(9)3-4-11-6-8/h2-6,9H2,1H3/t8-/m0/s1. The van der Waals surface area contributed by atoms with Gasteiger partial charge in [0.2, 0.25) is 0 Å². The molecule has 12 heavy (non-hydrogen) atoms. The van der Waals surface area contributed by atoms with E-state index in [2.05, 4.69) is 0 Å². The van der Waals surface area contributed by atoms with E-state index in [0.29, 0.717) is 19.8 Å². The molecule has 0 spiro atoms. The number of rotatable bonds is 3. The summed E-state index contributed by atoms with van der Waals surface area (Å²) in [6.45, 7) is 3.31. The summed E-state index contributed by atoms with van der Waals surface area (Å²) in [5, 5.41) is 0. The van der Waals surface area contributed by atoms with Crippen LogP contribution in [-0.4, -0.2) is 31.3 Å². The van der Waals surface area contributed by atoms with Crippen LogP contribution < -0.4 is 5.73 Å². The van der Waals surface area contributed by atoms with Crippen LogP contribution in [-0.2, 0) is 14.3 Å². The first-order valence-electron chi connectivity index (χ1n) is 4.18. The average Bonchev–Trinajstić information content (AvgIpc) is 2.36. The Morgan fingerprint density at radius 1 is 1.75 bits per heavy atom. The van der Waals surface area contributed by atoms with Gasteiger partial charge in [-0.3, -0.25) is 4.79 Å². The Kier molecular flexibility index (Phi) is 3.05. The molecule has 1 saturated heterocycles. The quantitative estimate of drug-likeness (QED) is 0.613. The van der Waals surface area contributed by atoms with Gasteiger partial charge in [-0.2, -0.15) is 0 Å². The molecule has 0 aliphatic carbocycles. The number of ether oxygens (including phenoxy) is 2. The minimum atomic E-state index is -0.480. The zero-order valence-corrected chi connectivity index (χ0v) is 7.34. The topological polar surface area (TPSA) is 61.5 Å². The lowest BCUT2D eigenvalue weighted by molar-refractivity contribution is -0.144. The summed E-state index contributed by atoms with van der Waals surface area (Å²) in [7, 11) is 0. The molecule has 0 unspecified atom stereocenters. The van der Waals surface area contributed by atoms with Crippen LogP contribution in [0.5, 0.6) is 0 Å². The maximum Gasteiger partial charge on any atom is 0.307 e. The van der Waals surface area contributed by atoms with Crippen LogP contribution in [0.4, 0.5) is 0 Å². The summed E-state index contributed by atoms with van der Waals surface area (Å²) in [5.41, 5.74) is 5.38. The van der Waals surface area contributed by atoms with Gasteiger partial charge in [-0.15, -0.1) is 0 Å². The van der Waals surface area contributed by atoms with E-state index in [1.807, 2.05) is 0 Å². The van der Waals surface area contributed by atoms with Crippen LogP contribution in [0.2, 0.25) is 0 Å². The van der Waals surface area contributed by atoms with E-state index >= 15 is 0 Å². The predicted octanol–water partition coefficient (Wildman–Crippen LogP) is 0.0574. The van der Waals surface area contributed by atoms with Gasteiger partial charge >= 0.3 is 5.97 Å². The van der Waals surface area contributed by atoms with Gasteiger partial charge in [0.1, 0.15) is 0 Å². The van der Waals surface area contributed by atoms with Crippen molar-refractivity contribution in [2.45, 2.75) is 25.3 Å². The molecule has 0 saturated carbocycles. The average molecular weight is 173 g/mol. The number of hydrogen-bond acceptors (Lipinski definition) is 4. The molecule has 1 aliphatic rings. The Hall–Kier alpha value is -0.610. The maximum absolute atomic E-state index is 11.0. The van der Waals surface area contributed by atoms with Gasteiger partial charge in [0, 0.05) is 6.61 Å². The largest absolute Gasteiger partial charge is 0.466 e. The summed E-state index contributed by atoms with van der Waals surface area (Å²) in [6.07, 6.45) is 1.01. The molecule has 0 aromatic heterocycles. The molecule has 0 amide bonds. The second kappa shape index (κ2) is 3.87. The van der Waals surface area contributed by atoms with Crippen molar-refractivity contribution in [3.8, 4) is 0 Å². The summed E-state index contributed by atoms with van der Waals surface area (Å²) >= 11 is 0. The molecule has 4 nitrogen and oxygen atoms in total. The van der Waals surface area contributed by atoms with Crippen molar-refractivity contribution in [1.29, 1.82) is 0 Å². The third kappa shape index (κ3) is 2.46. The molecule has 1 aliphatic heterocycles. The van der Waals surface area contributed by atoms with E-state index in [9.17, 15) is 4.79 Å². The van der Waals surface area contributed by atoms with E-state index in [-0.39, 0.29) is 12.4 Å². The molecule has 4 heteroatoms. The van der Waals surface area contributed by atoms with Crippen LogP contribution in [0.1, 0.15) is 19.8 Å². The number of hydrogen-bond donors (Lipinski definition) is 1. The monoisotopic (exact) mass is 173 g/mol. The number of carbonyl (C=O) groups is 1. The minimum absolute atomic E-state index is 0.231. The first kappa shape index (κ1) is 9.48. The molecule has 1 rings (SSSR count). The van der Waals surface area contributed by atoms with Gasteiger partial charge in [0.05, 0.1) is 25.2 Å². The van der Waals surface area contributed by atoms with Crippen molar-refractivity contribution in [3.63, 3.8) is 0 Å². The van der Waals surface area contributed by atoms with Crippen molar-refractivity contribution in [2.75, 3.05) is 19.8 Å². The van der Waals surface area contributed by atoms with E-state index in [4.69, 9.17) is 15.2 Å². The number of nitrogens with two attached hydrogens (primary N) is 1. The highest BCUT2D eigenvalue weighted by molar-refractivity contribution is 5.70. The Bertz CT molecular complexity index is 164. The molecular weight excluding hydrogens is 158 g/mol. The molecule has 0 radical (unpaired) electrons. The lowest BCUT2D eigenvalue weighted by Gasteiger charge is -2.19. The molecule has 0 aromatic rings. The molecule has 0 aromatic carbocycles. The summed E-state index contributed by atoms with van der Waals surface area (Å²) < 4.78 is 9.90. The highest BCUT2D eigenvalue weighted by atomic mass is 16.5. The maximum atomic E-state index is 11.0.